The molecule has 0 aliphatic carbocycles. The maximum Gasteiger partial charge on any atom is 0.221 e. The molecule has 0 spiro atoms. The smallest absolute Gasteiger partial charge is 0.221 e. The van der Waals surface area contributed by atoms with Gasteiger partial charge in [-0.05, 0) is 62.9 Å². The van der Waals surface area contributed by atoms with Gasteiger partial charge in [-0.3, -0.25) is 19.6 Å². The largest absolute Gasteiger partial charge is 0.369 e. The Morgan fingerprint density at radius 3 is 2.68 bits per heavy atom. The molecule has 31 heavy (non-hydrogen) atoms. The molecule has 1 amide bonds. The van der Waals surface area contributed by atoms with Crippen LogP contribution in [0.3, 0.4) is 0 Å². The molecule has 2 atom stereocenters. The van der Waals surface area contributed by atoms with Crippen LogP contribution in [0.4, 0.5) is 0 Å². The predicted molar refractivity (Wildman–Crippen MR) is 125 cm³/mol. The second-order valence-corrected chi connectivity index (χ2v) is 9.33. The molecule has 0 bridgehead atoms. The van der Waals surface area contributed by atoms with Gasteiger partial charge in [0.15, 0.2) is 5.96 Å². The Bertz CT molecular complexity index is 775. The molecule has 1 aromatic rings. The van der Waals surface area contributed by atoms with E-state index in [-0.39, 0.29) is 11.8 Å². The van der Waals surface area contributed by atoms with E-state index in [1.165, 1.54) is 43.5 Å². The Labute approximate surface area is 186 Å². The third-order valence-electron chi connectivity index (χ3n) is 7.09. The summed E-state index contributed by atoms with van der Waals surface area (Å²) in [5.41, 5.74) is 8.08. The summed E-state index contributed by atoms with van der Waals surface area (Å²) in [6.45, 7) is 8.13. The Morgan fingerprint density at radius 1 is 1.10 bits per heavy atom. The van der Waals surface area contributed by atoms with Crippen molar-refractivity contribution < 1.29 is 4.79 Å². The number of carbonyl (C=O) groups excluding carboxylic acids is 1. The van der Waals surface area contributed by atoms with E-state index in [4.69, 9.17) is 5.73 Å². The van der Waals surface area contributed by atoms with Crippen molar-refractivity contribution in [3.05, 3.63) is 35.4 Å². The molecule has 7 heteroatoms. The van der Waals surface area contributed by atoms with Crippen LogP contribution in [-0.2, 0) is 17.9 Å². The van der Waals surface area contributed by atoms with Gasteiger partial charge in [-0.1, -0.05) is 24.3 Å². The van der Waals surface area contributed by atoms with Crippen molar-refractivity contribution in [2.45, 2.75) is 51.2 Å². The van der Waals surface area contributed by atoms with Crippen LogP contribution in [0.25, 0.3) is 0 Å². The lowest BCUT2D eigenvalue weighted by Crippen LogP contribution is -2.42. The quantitative estimate of drug-likeness (QED) is 0.534. The highest BCUT2D eigenvalue weighted by atomic mass is 16.1. The molecule has 3 saturated heterocycles. The summed E-state index contributed by atoms with van der Waals surface area (Å²) in [4.78, 5) is 23.5. The van der Waals surface area contributed by atoms with Gasteiger partial charge < -0.3 is 16.0 Å². The number of carbonyl (C=O) groups is 1. The molecule has 0 saturated carbocycles. The molecule has 7 nitrogen and oxygen atoms in total. The maximum atomic E-state index is 11.6. The summed E-state index contributed by atoms with van der Waals surface area (Å²) < 4.78 is 0. The number of likely N-dealkylation sites (tertiary alicyclic amines) is 3. The lowest BCUT2D eigenvalue weighted by atomic mass is 9.97. The van der Waals surface area contributed by atoms with E-state index >= 15 is 0 Å². The molecular weight excluding hydrogens is 388 g/mol. The minimum atomic E-state index is -0.164. The first-order valence-electron chi connectivity index (χ1n) is 11.9. The number of benzene rings is 1. The van der Waals surface area contributed by atoms with Crippen LogP contribution in [-0.4, -0.2) is 78.9 Å². The lowest BCUT2D eigenvalue weighted by Gasteiger charge is -2.31. The van der Waals surface area contributed by atoms with Gasteiger partial charge >= 0.3 is 0 Å². The van der Waals surface area contributed by atoms with Gasteiger partial charge in [0, 0.05) is 45.8 Å². The van der Waals surface area contributed by atoms with E-state index in [1.54, 1.807) is 0 Å². The van der Waals surface area contributed by atoms with Crippen LogP contribution < -0.4 is 11.1 Å². The van der Waals surface area contributed by atoms with Crippen molar-refractivity contribution in [3.63, 3.8) is 0 Å². The molecule has 4 rings (SSSR count). The van der Waals surface area contributed by atoms with Gasteiger partial charge in [0.2, 0.25) is 5.91 Å². The van der Waals surface area contributed by atoms with E-state index in [2.05, 4.69) is 49.3 Å². The molecule has 3 fully saturated rings. The Hall–Kier alpha value is -2.12. The number of hydrogen-bond donors (Lipinski definition) is 2. The second kappa shape index (κ2) is 10.5. The number of nitrogens with one attached hydrogen (secondary N) is 1. The van der Waals surface area contributed by atoms with E-state index in [0.29, 0.717) is 6.04 Å². The summed E-state index contributed by atoms with van der Waals surface area (Å²) in [5.74, 6) is 0.835. The summed E-state index contributed by atoms with van der Waals surface area (Å²) in [7, 11) is 1.88. The van der Waals surface area contributed by atoms with Crippen molar-refractivity contribution >= 4 is 11.9 Å². The monoisotopic (exact) mass is 426 g/mol. The predicted octanol–water partition coefficient (Wildman–Crippen LogP) is 1.63. The number of nitrogens with zero attached hydrogens (tertiary/aromatic N) is 4. The van der Waals surface area contributed by atoms with E-state index in [1.807, 2.05) is 7.05 Å². The fourth-order valence-corrected chi connectivity index (χ4v) is 5.38. The number of hydrogen-bond acceptors (Lipinski definition) is 4. The zero-order valence-corrected chi connectivity index (χ0v) is 18.9. The Kier molecular flexibility index (Phi) is 7.45. The highest BCUT2D eigenvalue weighted by Gasteiger charge is 2.30. The standard InChI is InChI=1S/C24H38N6O/c1-26-24(30-13-9-22(18-30)29-11-2-3-12-29)27-15-19-6-4-7-20(14-19)16-28-10-5-8-21(17-28)23(25)31/h4,6-7,14,21-22H,2-3,5,8-13,15-18H2,1H3,(H2,25,31)(H,26,27). The van der Waals surface area contributed by atoms with Crippen LogP contribution in [0.15, 0.2) is 29.3 Å². The molecule has 1 aromatic carbocycles. The summed E-state index contributed by atoms with van der Waals surface area (Å²) in [6.07, 6.45) is 5.89. The Morgan fingerprint density at radius 2 is 1.90 bits per heavy atom. The second-order valence-electron chi connectivity index (χ2n) is 9.33. The highest BCUT2D eigenvalue weighted by molar-refractivity contribution is 5.80. The number of nitrogens with two attached hydrogens (primary N) is 1. The van der Waals surface area contributed by atoms with Crippen molar-refractivity contribution in [2.75, 3.05) is 46.3 Å². The molecule has 3 heterocycles. The third-order valence-corrected chi connectivity index (χ3v) is 7.09. The van der Waals surface area contributed by atoms with Crippen molar-refractivity contribution in [1.82, 2.24) is 20.0 Å². The average molecular weight is 427 g/mol. The SMILES string of the molecule is CN=C(NCc1cccc(CN2CCCC(C(N)=O)C2)c1)N1CCC(N2CCCC2)C1. The number of primary amides is 1. The first-order valence-corrected chi connectivity index (χ1v) is 11.9. The van der Waals surface area contributed by atoms with Gasteiger partial charge in [0.1, 0.15) is 0 Å². The summed E-state index contributed by atoms with van der Waals surface area (Å²) in [5, 5.41) is 3.57. The first-order chi connectivity index (χ1) is 15.1. The summed E-state index contributed by atoms with van der Waals surface area (Å²) in [6, 6.07) is 9.42. The van der Waals surface area contributed by atoms with Gasteiger partial charge in [-0.25, -0.2) is 0 Å². The highest BCUT2D eigenvalue weighted by Crippen LogP contribution is 2.21. The lowest BCUT2D eigenvalue weighted by molar-refractivity contribution is -0.123. The molecular formula is C24H38N6O. The number of aliphatic imine (C=N–C) groups is 1. The van der Waals surface area contributed by atoms with E-state index < -0.39 is 0 Å². The van der Waals surface area contributed by atoms with Crippen LogP contribution in [0.2, 0.25) is 0 Å². The van der Waals surface area contributed by atoms with Crippen molar-refractivity contribution in [2.24, 2.45) is 16.6 Å². The zero-order valence-electron chi connectivity index (χ0n) is 18.9. The normalized spacial score (nSPS) is 25.8. The Balaban J connectivity index is 1.29. The van der Waals surface area contributed by atoms with Crippen LogP contribution in [0.1, 0.15) is 43.2 Å². The molecule has 3 N–H and O–H groups in total. The van der Waals surface area contributed by atoms with Crippen LogP contribution >= 0.6 is 0 Å². The van der Waals surface area contributed by atoms with Crippen molar-refractivity contribution in [1.29, 1.82) is 0 Å². The number of piperidine rings is 1. The number of rotatable bonds is 6. The zero-order chi connectivity index (χ0) is 21.6. The van der Waals surface area contributed by atoms with Gasteiger partial charge in [-0.15, -0.1) is 0 Å². The molecule has 170 valence electrons. The molecule has 0 radical (unpaired) electrons. The van der Waals surface area contributed by atoms with E-state index in [0.717, 1.165) is 58.1 Å². The fourth-order valence-electron chi connectivity index (χ4n) is 5.38. The first kappa shape index (κ1) is 22.1. The molecule has 2 unspecified atom stereocenters. The van der Waals surface area contributed by atoms with Crippen LogP contribution in [0, 0.1) is 5.92 Å². The minimum absolute atomic E-state index is 0.00762. The van der Waals surface area contributed by atoms with Gasteiger partial charge in [-0.2, -0.15) is 0 Å². The number of guanidine groups is 1. The molecule has 0 aromatic heterocycles. The molecule has 3 aliphatic rings. The third kappa shape index (κ3) is 5.77. The van der Waals surface area contributed by atoms with E-state index in [9.17, 15) is 4.79 Å². The fraction of sp³-hybridized carbons (Fsp3) is 0.667. The van der Waals surface area contributed by atoms with Gasteiger partial charge in [0.05, 0.1) is 5.92 Å². The summed E-state index contributed by atoms with van der Waals surface area (Å²) >= 11 is 0. The minimum Gasteiger partial charge on any atom is -0.369 e. The average Bonchev–Trinajstić information content (AvgIpc) is 3.47. The topological polar surface area (TPSA) is 77.2 Å². The van der Waals surface area contributed by atoms with Crippen LogP contribution in [0.5, 0.6) is 0 Å². The van der Waals surface area contributed by atoms with Gasteiger partial charge in [0.25, 0.3) is 0 Å². The molecule has 3 aliphatic heterocycles. The maximum absolute atomic E-state index is 11.6. The number of amides is 1. The van der Waals surface area contributed by atoms with Crippen molar-refractivity contribution in [3.8, 4) is 0 Å².